The number of carbonyl (C=O) groups is 2. The molecule has 2 amide bonds. The van der Waals surface area contributed by atoms with Gasteiger partial charge in [-0.1, -0.05) is 50.5 Å². The van der Waals surface area contributed by atoms with Crippen LogP contribution in [0.1, 0.15) is 63.0 Å². The van der Waals surface area contributed by atoms with E-state index in [4.69, 9.17) is 0 Å². The van der Waals surface area contributed by atoms with E-state index in [0.29, 0.717) is 11.8 Å². The summed E-state index contributed by atoms with van der Waals surface area (Å²) >= 11 is 3.68. The number of nitrogens with one attached hydrogen (secondary N) is 1. The Hall–Kier alpha value is -1.40. The fraction of sp³-hybridized carbons (Fsp3) is 0.600. The van der Waals surface area contributed by atoms with Gasteiger partial charge in [-0.05, 0) is 61.3 Å². The number of aryl methyl sites for hydroxylation is 1. The van der Waals surface area contributed by atoms with Gasteiger partial charge in [0.25, 0.3) is 5.91 Å². The molecule has 1 N–H and O–H groups in total. The molecule has 1 aliphatic carbocycles. The molecule has 3 rings (SSSR count). The molecule has 1 aromatic rings. The van der Waals surface area contributed by atoms with Crippen molar-refractivity contribution in [2.45, 2.75) is 70.1 Å². The van der Waals surface area contributed by atoms with Gasteiger partial charge < -0.3 is 10.2 Å². The van der Waals surface area contributed by atoms with E-state index in [-0.39, 0.29) is 24.4 Å². The lowest BCUT2D eigenvalue weighted by molar-refractivity contribution is -0.135. The number of amides is 2. The number of unbranched alkanes of at least 4 members (excludes halogenated alkanes) is 1. The molecule has 170 valence electrons. The maximum Gasteiger partial charge on any atom is 0.261 e. The van der Waals surface area contributed by atoms with Gasteiger partial charge in [0.2, 0.25) is 5.91 Å². The molecular weight excluding hydrogens is 424 g/mol. The zero-order valence-corrected chi connectivity index (χ0v) is 20.5. The van der Waals surface area contributed by atoms with Crippen LogP contribution in [0, 0.1) is 6.92 Å². The minimum absolute atomic E-state index is 0.0154. The summed E-state index contributed by atoms with van der Waals surface area (Å²) in [7, 11) is 0. The minimum atomic E-state index is -0.0293. The summed E-state index contributed by atoms with van der Waals surface area (Å²) in [6.45, 7) is 5.14. The van der Waals surface area contributed by atoms with E-state index < -0.39 is 0 Å². The van der Waals surface area contributed by atoms with Crippen molar-refractivity contribution in [3.8, 4) is 0 Å². The largest absolute Gasteiger partial charge is 0.355 e. The second kappa shape index (κ2) is 12.6. The van der Waals surface area contributed by atoms with Crippen molar-refractivity contribution in [1.29, 1.82) is 0 Å². The van der Waals surface area contributed by atoms with Crippen LogP contribution in [-0.4, -0.2) is 52.6 Å². The van der Waals surface area contributed by atoms with Crippen LogP contribution in [0.4, 0.5) is 0 Å². The van der Waals surface area contributed by atoms with E-state index in [9.17, 15) is 9.59 Å². The number of benzene rings is 1. The Morgan fingerprint density at radius 3 is 2.81 bits per heavy atom. The Balaban J connectivity index is 1.61. The van der Waals surface area contributed by atoms with Gasteiger partial charge in [-0.3, -0.25) is 9.59 Å². The fourth-order valence-corrected chi connectivity index (χ4v) is 6.72. The Labute approximate surface area is 196 Å². The molecule has 4 nitrogen and oxygen atoms in total. The molecule has 6 heteroatoms. The van der Waals surface area contributed by atoms with E-state index in [0.717, 1.165) is 47.5 Å². The molecule has 1 heterocycles. The average molecular weight is 461 g/mol. The van der Waals surface area contributed by atoms with E-state index in [1.54, 1.807) is 11.8 Å². The molecule has 1 saturated heterocycles. The Morgan fingerprint density at radius 2 is 2.00 bits per heavy atom. The predicted molar refractivity (Wildman–Crippen MR) is 134 cm³/mol. The van der Waals surface area contributed by atoms with Crippen LogP contribution in [0.2, 0.25) is 0 Å². The molecular formula is C25H36N2O2S2. The van der Waals surface area contributed by atoms with E-state index in [2.05, 4.69) is 31.3 Å². The second-order valence-corrected chi connectivity index (χ2v) is 11.0. The summed E-state index contributed by atoms with van der Waals surface area (Å²) in [6.07, 6.45) is 9.94. The standard InChI is InChI=1S/C25H36N2O2S2/c1-3-4-15-30-16-9-14-26-24(28)18-27-21-12-7-8-13-22(21)31-23(25(27)29)17-20-11-6-5-10-19(20)2/h5-6,10-11,17,21-22H,3-4,7-9,12-16,18H2,1-2H3,(H,26,28)/b23-17-. The Kier molecular flexibility index (Phi) is 9.85. The van der Waals surface area contributed by atoms with Gasteiger partial charge >= 0.3 is 0 Å². The van der Waals surface area contributed by atoms with Gasteiger partial charge in [-0.15, -0.1) is 11.8 Å². The van der Waals surface area contributed by atoms with Crippen molar-refractivity contribution < 1.29 is 9.59 Å². The maximum absolute atomic E-state index is 13.4. The number of thioether (sulfide) groups is 2. The van der Waals surface area contributed by atoms with Crippen LogP contribution < -0.4 is 5.32 Å². The molecule has 0 bridgehead atoms. The van der Waals surface area contributed by atoms with Crippen LogP contribution in [0.5, 0.6) is 0 Å². The maximum atomic E-state index is 13.4. The van der Waals surface area contributed by atoms with Crippen LogP contribution in [0.3, 0.4) is 0 Å². The first kappa shape index (κ1) is 24.2. The third kappa shape index (κ3) is 7.04. The summed E-state index contributed by atoms with van der Waals surface area (Å²) in [5.41, 5.74) is 2.24. The molecule has 1 aromatic carbocycles. The first-order valence-corrected chi connectivity index (χ1v) is 13.7. The van der Waals surface area contributed by atoms with E-state index in [1.807, 2.05) is 34.9 Å². The van der Waals surface area contributed by atoms with E-state index >= 15 is 0 Å². The van der Waals surface area contributed by atoms with Crippen molar-refractivity contribution in [2.75, 3.05) is 24.6 Å². The van der Waals surface area contributed by atoms with Crippen LogP contribution in [0.25, 0.3) is 6.08 Å². The highest BCUT2D eigenvalue weighted by Gasteiger charge is 2.41. The van der Waals surface area contributed by atoms with Crippen molar-refractivity contribution in [3.05, 3.63) is 40.3 Å². The highest BCUT2D eigenvalue weighted by molar-refractivity contribution is 8.04. The smallest absolute Gasteiger partial charge is 0.261 e. The lowest BCUT2D eigenvalue weighted by atomic mass is 9.93. The molecule has 2 aliphatic rings. The molecule has 1 saturated carbocycles. The highest BCUT2D eigenvalue weighted by Crippen LogP contribution is 2.42. The first-order valence-electron chi connectivity index (χ1n) is 11.7. The first-order chi connectivity index (χ1) is 15.1. The quantitative estimate of drug-likeness (QED) is 0.382. The summed E-state index contributed by atoms with van der Waals surface area (Å²) in [5, 5.41) is 3.43. The lowest BCUT2D eigenvalue weighted by Crippen LogP contribution is -2.54. The summed E-state index contributed by atoms with van der Waals surface area (Å²) in [6, 6.07) is 8.32. The number of hydrogen-bond donors (Lipinski definition) is 1. The third-order valence-corrected chi connectivity index (χ3v) is 8.59. The van der Waals surface area contributed by atoms with E-state index in [1.165, 1.54) is 25.0 Å². The predicted octanol–water partition coefficient (Wildman–Crippen LogP) is 5.26. The number of hydrogen-bond acceptors (Lipinski definition) is 4. The lowest BCUT2D eigenvalue weighted by Gasteiger charge is -2.43. The molecule has 31 heavy (non-hydrogen) atoms. The Morgan fingerprint density at radius 1 is 1.23 bits per heavy atom. The fourth-order valence-electron chi connectivity index (χ4n) is 4.21. The topological polar surface area (TPSA) is 49.4 Å². The number of rotatable bonds is 10. The zero-order chi connectivity index (χ0) is 22.1. The monoisotopic (exact) mass is 460 g/mol. The van der Waals surface area contributed by atoms with Gasteiger partial charge in [0.15, 0.2) is 0 Å². The molecule has 2 unspecified atom stereocenters. The zero-order valence-electron chi connectivity index (χ0n) is 18.9. The molecule has 2 atom stereocenters. The van der Waals surface area contributed by atoms with Crippen molar-refractivity contribution in [3.63, 3.8) is 0 Å². The molecule has 1 aliphatic heterocycles. The van der Waals surface area contributed by atoms with Crippen LogP contribution >= 0.6 is 23.5 Å². The molecule has 2 fully saturated rings. The van der Waals surface area contributed by atoms with Crippen LogP contribution in [-0.2, 0) is 9.59 Å². The Bertz CT molecular complexity index is 781. The van der Waals surface area contributed by atoms with Crippen molar-refractivity contribution >= 4 is 41.4 Å². The number of fused-ring (bicyclic) bond motifs is 1. The summed E-state index contributed by atoms with van der Waals surface area (Å²) in [4.78, 5) is 28.6. The molecule has 0 radical (unpaired) electrons. The average Bonchev–Trinajstić information content (AvgIpc) is 2.77. The summed E-state index contributed by atoms with van der Waals surface area (Å²) < 4.78 is 0. The molecule has 0 spiro atoms. The highest BCUT2D eigenvalue weighted by atomic mass is 32.2. The van der Waals surface area contributed by atoms with Crippen LogP contribution in [0.15, 0.2) is 29.2 Å². The van der Waals surface area contributed by atoms with Gasteiger partial charge in [-0.25, -0.2) is 0 Å². The van der Waals surface area contributed by atoms with Gasteiger partial charge in [0.05, 0.1) is 4.91 Å². The number of carbonyl (C=O) groups excluding carboxylic acids is 2. The molecule has 0 aromatic heterocycles. The minimum Gasteiger partial charge on any atom is -0.355 e. The third-order valence-electron chi connectivity index (χ3n) is 6.04. The van der Waals surface area contributed by atoms with Crippen molar-refractivity contribution in [1.82, 2.24) is 10.2 Å². The normalized spacial score (nSPS) is 22.5. The van der Waals surface area contributed by atoms with Gasteiger partial charge in [0, 0.05) is 17.8 Å². The van der Waals surface area contributed by atoms with Crippen molar-refractivity contribution in [2.24, 2.45) is 0 Å². The number of nitrogens with zero attached hydrogens (tertiary/aromatic N) is 1. The SMILES string of the molecule is CCCCSCCCNC(=O)CN1C(=O)/C(=C/c2ccccc2C)SC2CCCCC21. The van der Waals surface area contributed by atoms with Gasteiger partial charge in [0.1, 0.15) is 6.54 Å². The van der Waals surface area contributed by atoms with Gasteiger partial charge in [-0.2, -0.15) is 11.8 Å². The second-order valence-electron chi connectivity index (χ2n) is 8.48. The summed E-state index contributed by atoms with van der Waals surface area (Å²) in [5.74, 6) is 2.26.